The van der Waals surface area contributed by atoms with E-state index < -0.39 is 0 Å². The molecular formula is C12H17N3O. The van der Waals surface area contributed by atoms with E-state index in [1.807, 2.05) is 24.9 Å². The molecule has 1 aliphatic rings. The van der Waals surface area contributed by atoms with Crippen LogP contribution >= 0.6 is 0 Å². The van der Waals surface area contributed by atoms with Crippen molar-refractivity contribution in [2.75, 3.05) is 20.1 Å². The van der Waals surface area contributed by atoms with Gasteiger partial charge in [0.1, 0.15) is 0 Å². The molecule has 0 spiro atoms. The number of amides is 1. The normalized spacial score (nSPS) is 19.8. The minimum Gasteiger partial charge on any atom is -0.337 e. The van der Waals surface area contributed by atoms with Gasteiger partial charge in [-0.3, -0.25) is 9.78 Å². The van der Waals surface area contributed by atoms with Gasteiger partial charge in [0, 0.05) is 31.5 Å². The van der Waals surface area contributed by atoms with E-state index in [9.17, 15) is 4.79 Å². The Bertz CT molecular complexity index is 386. The van der Waals surface area contributed by atoms with Crippen molar-refractivity contribution in [1.29, 1.82) is 0 Å². The Morgan fingerprint density at radius 1 is 1.62 bits per heavy atom. The maximum atomic E-state index is 12.2. The zero-order valence-electron chi connectivity index (χ0n) is 9.73. The van der Waals surface area contributed by atoms with Gasteiger partial charge in [0.2, 0.25) is 0 Å². The maximum absolute atomic E-state index is 12.2. The quantitative estimate of drug-likeness (QED) is 0.801. The van der Waals surface area contributed by atoms with Crippen molar-refractivity contribution in [2.24, 2.45) is 0 Å². The molecule has 1 saturated heterocycles. The molecule has 1 aliphatic heterocycles. The third kappa shape index (κ3) is 2.07. The second kappa shape index (κ2) is 4.61. The number of aromatic nitrogens is 1. The number of hydrogen-bond acceptors (Lipinski definition) is 3. The summed E-state index contributed by atoms with van der Waals surface area (Å²) in [4.78, 5) is 18.2. The largest absolute Gasteiger partial charge is 0.337 e. The lowest BCUT2D eigenvalue weighted by molar-refractivity contribution is 0.0742. The molecule has 2 heterocycles. The van der Waals surface area contributed by atoms with Crippen molar-refractivity contribution in [3.8, 4) is 0 Å². The minimum absolute atomic E-state index is 0.0688. The highest BCUT2D eigenvalue weighted by Gasteiger charge is 2.24. The van der Waals surface area contributed by atoms with Crippen LogP contribution in [-0.2, 0) is 0 Å². The van der Waals surface area contributed by atoms with Crippen LogP contribution in [0.25, 0.3) is 0 Å². The Morgan fingerprint density at radius 2 is 2.44 bits per heavy atom. The van der Waals surface area contributed by atoms with Crippen molar-refractivity contribution in [3.05, 3.63) is 29.6 Å². The summed E-state index contributed by atoms with van der Waals surface area (Å²) in [6.45, 7) is 3.75. The number of carbonyl (C=O) groups is 1. The van der Waals surface area contributed by atoms with Crippen LogP contribution in [0.3, 0.4) is 0 Å². The third-order valence-electron chi connectivity index (χ3n) is 3.14. The number of nitrogens with zero attached hydrogens (tertiary/aromatic N) is 2. The molecule has 4 nitrogen and oxygen atoms in total. The van der Waals surface area contributed by atoms with Gasteiger partial charge in [-0.15, -0.1) is 0 Å². The fourth-order valence-corrected chi connectivity index (χ4v) is 2.04. The first-order valence-corrected chi connectivity index (χ1v) is 5.59. The fraction of sp³-hybridized carbons (Fsp3) is 0.500. The first-order chi connectivity index (χ1) is 7.70. The monoisotopic (exact) mass is 219 g/mol. The number of pyridine rings is 1. The van der Waals surface area contributed by atoms with E-state index in [-0.39, 0.29) is 5.91 Å². The van der Waals surface area contributed by atoms with Crippen molar-refractivity contribution in [2.45, 2.75) is 19.4 Å². The average molecular weight is 219 g/mol. The van der Waals surface area contributed by atoms with Crippen LogP contribution in [0, 0.1) is 6.92 Å². The first kappa shape index (κ1) is 11.1. The van der Waals surface area contributed by atoms with Gasteiger partial charge in [-0.05, 0) is 32.0 Å². The Hall–Kier alpha value is -1.42. The molecule has 4 heteroatoms. The van der Waals surface area contributed by atoms with Crippen LogP contribution in [-0.4, -0.2) is 42.0 Å². The number of hydrogen-bond donors (Lipinski definition) is 1. The molecule has 16 heavy (non-hydrogen) atoms. The lowest BCUT2D eigenvalue weighted by Gasteiger charge is -2.24. The fourth-order valence-electron chi connectivity index (χ4n) is 2.04. The van der Waals surface area contributed by atoms with Crippen molar-refractivity contribution >= 4 is 5.91 Å². The molecule has 1 aromatic heterocycles. The smallest absolute Gasteiger partial charge is 0.255 e. The predicted molar refractivity (Wildman–Crippen MR) is 62.3 cm³/mol. The number of aryl methyl sites for hydroxylation is 1. The molecule has 0 aliphatic carbocycles. The Balaban J connectivity index is 2.15. The summed E-state index contributed by atoms with van der Waals surface area (Å²) in [5.74, 6) is 0.0688. The summed E-state index contributed by atoms with van der Waals surface area (Å²) in [6, 6.07) is 3.96. The summed E-state index contributed by atoms with van der Waals surface area (Å²) in [5.41, 5.74) is 1.50. The van der Waals surface area contributed by atoms with Crippen molar-refractivity contribution in [3.63, 3.8) is 0 Å². The highest BCUT2D eigenvalue weighted by Crippen LogP contribution is 2.12. The summed E-state index contributed by atoms with van der Waals surface area (Å²) in [5, 5.41) is 3.26. The zero-order chi connectivity index (χ0) is 11.5. The van der Waals surface area contributed by atoms with Gasteiger partial charge in [-0.25, -0.2) is 0 Å². The molecule has 0 saturated carbocycles. The molecule has 1 atom stereocenters. The Labute approximate surface area is 95.7 Å². The second-order valence-electron chi connectivity index (χ2n) is 4.20. The number of carbonyl (C=O) groups excluding carboxylic acids is 1. The van der Waals surface area contributed by atoms with E-state index in [4.69, 9.17) is 0 Å². The highest BCUT2D eigenvalue weighted by molar-refractivity contribution is 5.95. The second-order valence-corrected chi connectivity index (χ2v) is 4.20. The molecule has 0 bridgehead atoms. The van der Waals surface area contributed by atoms with Crippen molar-refractivity contribution in [1.82, 2.24) is 15.2 Å². The van der Waals surface area contributed by atoms with E-state index in [1.54, 1.807) is 12.3 Å². The van der Waals surface area contributed by atoms with Gasteiger partial charge >= 0.3 is 0 Å². The van der Waals surface area contributed by atoms with Gasteiger partial charge in [0.15, 0.2) is 0 Å². The standard InChI is InChI=1S/C12H17N3O/c1-9-11(4-3-6-14-9)12(16)15(2)10-5-7-13-8-10/h3-4,6,10,13H,5,7-8H2,1-2H3. The van der Waals surface area contributed by atoms with Crippen LogP contribution in [0.2, 0.25) is 0 Å². The van der Waals surface area contributed by atoms with Crippen LogP contribution in [0.15, 0.2) is 18.3 Å². The van der Waals surface area contributed by atoms with Gasteiger partial charge in [-0.2, -0.15) is 0 Å². The molecule has 86 valence electrons. The molecule has 1 fully saturated rings. The van der Waals surface area contributed by atoms with Gasteiger partial charge in [-0.1, -0.05) is 0 Å². The summed E-state index contributed by atoms with van der Waals surface area (Å²) in [6.07, 6.45) is 2.74. The SMILES string of the molecule is Cc1ncccc1C(=O)N(C)C1CCNC1. The minimum atomic E-state index is 0.0688. The van der Waals surface area contributed by atoms with Crippen LogP contribution in [0.4, 0.5) is 0 Å². The molecule has 1 unspecified atom stereocenters. The van der Waals surface area contributed by atoms with Crippen LogP contribution in [0.1, 0.15) is 22.5 Å². The van der Waals surface area contributed by atoms with E-state index in [1.165, 1.54) is 0 Å². The van der Waals surface area contributed by atoms with E-state index >= 15 is 0 Å². The number of likely N-dealkylation sites (N-methyl/N-ethyl adjacent to an activating group) is 1. The van der Waals surface area contributed by atoms with Crippen LogP contribution < -0.4 is 5.32 Å². The zero-order valence-corrected chi connectivity index (χ0v) is 9.73. The lowest BCUT2D eigenvalue weighted by atomic mass is 10.1. The molecule has 1 N–H and O–H groups in total. The van der Waals surface area contributed by atoms with Crippen LogP contribution in [0.5, 0.6) is 0 Å². The topological polar surface area (TPSA) is 45.2 Å². The molecule has 0 aromatic carbocycles. The predicted octanol–water partition coefficient (Wildman–Crippen LogP) is 0.824. The Kier molecular flexibility index (Phi) is 3.19. The third-order valence-corrected chi connectivity index (χ3v) is 3.14. The van der Waals surface area contributed by atoms with Crippen molar-refractivity contribution < 1.29 is 4.79 Å². The highest BCUT2D eigenvalue weighted by atomic mass is 16.2. The number of nitrogens with one attached hydrogen (secondary N) is 1. The lowest BCUT2D eigenvalue weighted by Crippen LogP contribution is -2.38. The summed E-state index contributed by atoms with van der Waals surface area (Å²) in [7, 11) is 1.87. The maximum Gasteiger partial charge on any atom is 0.255 e. The summed E-state index contributed by atoms with van der Waals surface area (Å²) < 4.78 is 0. The molecular weight excluding hydrogens is 202 g/mol. The van der Waals surface area contributed by atoms with E-state index in [0.717, 1.165) is 25.2 Å². The number of rotatable bonds is 2. The average Bonchev–Trinajstić information content (AvgIpc) is 2.81. The molecule has 1 amide bonds. The van der Waals surface area contributed by atoms with E-state index in [0.29, 0.717) is 11.6 Å². The summed E-state index contributed by atoms with van der Waals surface area (Å²) >= 11 is 0. The molecule has 1 aromatic rings. The molecule has 0 radical (unpaired) electrons. The first-order valence-electron chi connectivity index (χ1n) is 5.59. The van der Waals surface area contributed by atoms with Gasteiger partial charge in [0.05, 0.1) is 5.56 Å². The van der Waals surface area contributed by atoms with Gasteiger partial charge < -0.3 is 10.2 Å². The van der Waals surface area contributed by atoms with Gasteiger partial charge in [0.25, 0.3) is 5.91 Å². The van der Waals surface area contributed by atoms with E-state index in [2.05, 4.69) is 10.3 Å². The molecule has 2 rings (SSSR count). The Morgan fingerprint density at radius 3 is 3.06 bits per heavy atom.